The van der Waals surface area contributed by atoms with Gasteiger partial charge in [-0.05, 0) is 52.0 Å². The molecule has 0 radical (unpaired) electrons. The summed E-state index contributed by atoms with van der Waals surface area (Å²) in [5.74, 6) is 0.947. The normalized spacial score (nSPS) is 23.7. The van der Waals surface area contributed by atoms with E-state index in [9.17, 15) is 4.79 Å². The van der Waals surface area contributed by atoms with Crippen molar-refractivity contribution in [3.8, 4) is 0 Å². The molecule has 5 nitrogen and oxygen atoms in total. The second kappa shape index (κ2) is 8.88. The monoisotopic (exact) mass is 328 g/mol. The van der Waals surface area contributed by atoms with Gasteiger partial charge in [0.05, 0.1) is 6.10 Å². The molecule has 0 aromatic heterocycles. The number of carbonyl (C=O) groups is 1. The van der Waals surface area contributed by atoms with E-state index in [1.165, 1.54) is 0 Å². The van der Waals surface area contributed by atoms with Crippen molar-refractivity contribution >= 4 is 6.09 Å². The fraction of sp³-hybridized carbons (Fsp3) is 0.944. The molecule has 0 saturated carbocycles. The molecule has 0 aromatic carbocycles. The first-order chi connectivity index (χ1) is 10.6. The molecule has 0 aromatic rings. The van der Waals surface area contributed by atoms with Gasteiger partial charge >= 0.3 is 6.09 Å². The molecule has 1 aliphatic heterocycles. The largest absolute Gasteiger partial charge is 0.444 e. The minimum absolute atomic E-state index is 0.254. The van der Waals surface area contributed by atoms with E-state index in [2.05, 4.69) is 26.1 Å². The van der Waals surface area contributed by atoms with Gasteiger partial charge in [-0.3, -0.25) is 0 Å². The molecule has 1 heterocycles. The second-order valence-corrected chi connectivity index (χ2v) is 8.25. The zero-order valence-corrected chi connectivity index (χ0v) is 16.0. The highest BCUT2D eigenvalue weighted by Gasteiger charge is 2.25. The summed E-state index contributed by atoms with van der Waals surface area (Å²) in [6.07, 6.45) is 2.25. The van der Waals surface area contributed by atoms with Gasteiger partial charge in [0.1, 0.15) is 5.60 Å². The molecule has 1 saturated heterocycles. The van der Waals surface area contributed by atoms with Gasteiger partial charge in [-0.25, -0.2) is 4.79 Å². The highest BCUT2D eigenvalue weighted by molar-refractivity contribution is 5.67. The van der Waals surface area contributed by atoms with Crippen molar-refractivity contribution in [2.45, 2.75) is 72.1 Å². The van der Waals surface area contributed by atoms with E-state index in [1.54, 1.807) is 11.9 Å². The fourth-order valence-corrected chi connectivity index (χ4v) is 2.79. The Morgan fingerprint density at radius 1 is 1.35 bits per heavy atom. The Bertz CT molecular complexity index is 366. The Labute approximate surface area is 142 Å². The van der Waals surface area contributed by atoms with E-state index in [4.69, 9.17) is 9.47 Å². The molecule has 1 amide bonds. The smallest absolute Gasteiger partial charge is 0.410 e. The van der Waals surface area contributed by atoms with Crippen LogP contribution >= 0.6 is 0 Å². The van der Waals surface area contributed by atoms with Crippen molar-refractivity contribution in [3.05, 3.63) is 0 Å². The Morgan fingerprint density at radius 2 is 2.00 bits per heavy atom. The van der Waals surface area contributed by atoms with E-state index in [1.807, 2.05) is 20.8 Å². The molecule has 3 unspecified atom stereocenters. The lowest BCUT2D eigenvalue weighted by Crippen LogP contribution is -2.44. The Morgan fingerprint density at radius 3 is 2.57 bits per heavy atom. The molecule has 0 bridgehead atoms. The molecule has 5 heteroatoms. The fourth-order valence-electron chi connectivity index (χ4n) is 2.79. The van der Waals surface area contributed by atoms with E-state index < -0.39 is 5.60 Å². The van der Waals surface area contributed by atoms with E-state index in [-0.39, 0.29) is 6.09 Å². The first-order valence-electron chi connectivity index (χ1n) is 8.87. The minimum atomic E-state index is -0.444. The topological polar surface area (TPSA) is 50.8 Å². The Balaban J connectivity index is 2.30. The van der Waals surface area contributed by atoms with Crippen LogP contribution in [0.1, 0.15) is 54.4 Å². The zero-order chi connectivity index (χ0) is 17.6. The van der Waals surface area contributed by atoms with Crippen LogP contribution in [0.5, 0.6) is 0 Å². The first kappa shape index (κ1) is 20.2. The van der Waals surface area contributed by atoms with Crippen LogP contribution in [0.15, 0.2) is 0 Å². The number of carbonyl (C=O) groups excluding carboxylic acids is 1. The first-order valence-corrected chi connectivity index (χ1v) is 8.87. The molecule has 1 rings (SSSR count). The van der Waals surface area contributed by atoms with Gasteiger partial charge in [0.25, 0.3) is 0 Å². The maximum Gasteiger partial charge on any atom is 0.410 e. The van der Waals surface area contributed by atoms with Crippen molar-refractivity contribution in [2.75, 3.05) is 26.7 Å². The summed E-state index contributed by atoms with van der Waals surface area (Å²) in [6.45, 7) is 14.7. The summed E-state index contributed by atoms with van der Waals surface area (Å²) < 4.78 is 11.2. The maximum atomic E-state index is 12.0. The summed E-state index contributed by atoms with van der Waals surface area (Å²) in [5.41, 5.74) is -0.444. The average molecular weight is 328 g/mol. The van der Waals surface area contributed by atoms with Crippen LogP contribution < -0.4 is 5.32 Å². The third kappa shape index (κ3) is 8.02. The lowest BCUT2D eigenvalue weighted by Gasteiger charge is -2.33. The number of nitrogens with one attached hydrogen (secondary N) is 1. The highest BCUT2D eigenvalue weighted by Crippen LogP contribution is 2.20. The molecular weight excluding hydrogens is 292 g/mol. The van der Waals surface area contributed by atoms with Crippen molar-refractivity contribution in [2.24, 2.45) is 11.8 Å². The molecule has 0 aliphatic carbocycles. The summed E-state index contributed by atoms with van der Waals surface area (Å²) in [4.78, 5) is 13.6. The van der Waals surface area contributed by atoms with Gasteiger partial charge in [0.2, 0.25) is 0 Å². The standard InChI is InChI=1S/C18H36N2O3/c1-13(2)16-10-15(8-9-22-16)19-11-14(3)12-20(7)17(21)23-18(4,5)6/h13-16,19H,8-12H2,1-7H3. The molecular formula is C18H36N2O3. The van der Waals surface area contributed by atoms with Crippen LogP contribution in [0.4, 0.5) is 4.79 Å². The number of hydrogen-bond donors (Lipinski definition) is 1. The van der Waals surface area contributed by atoms with Gasteiger partial charge in [-0.15, -0.1) is 0 Å². The number of hydrogen-bond acceptors (Lipinski definition) is 4. The molecule has 0 spiro atoms. The third-order valence-electron chi connectivity index (χ3n) is 4.10. The van der Waals surface area contributed by atoms with Crippen molar-refractivity contribution < 1.29 is 14.3 Å². The highest BCUT2D eigenvalue weighted by atomic mass is 16.6. The Hall–Kier alpha value is -0.810. The van der Waals surface area contributed by atoms with Crippen LogP contribution in [0, 0.1) is 11.8 Å². The average Bonchev–Trinajstić information content (AvgIpc) is 2.43. The molecule has 3 atom stereocenters. The van der Waals surface area contributed by atoms with Crippen molar-refractivity contribution in [1.29, 1.82) is 0 Å². The van der Waals surface area contributed by atoms with Gasteiger partial charge in [0, 0.05) is 26.2 Å². The maximum absolute atomic E-state index is 12.0. The van der Waals surface area contributed by atoms with E-state index >= 15 is 0 Å². The number of rotatable bonds is 6. The van der Waals surface area contributed by atoms with Crippen LogP contribution in [0.2, 0.25) is 0 Å². The van der Waals surface area contributed by atoms with Crippen LogP contribution in [0.3, 0.4) is 0 Å². The van der Waals surface area contributed by atoms with Gasteiger partial charge in [0.15, 0.2) is 0 Å². The predicted octanol–water partition coefficient (Wildman–Crippen LogP) is 3.28. The molecule has 23 heavy (non-hydrogen) atoms. The minimum Gasteiger partial charge on any atom is -0.444 e. The summed E-state index contributed by atoms with van der Waals surface area (Å²) in [5, 5.41) is 3.64. The van der Waals surface area contributed by atoms with Crippen LogP contribution in [0.25, 0.3) is 0 Å². The number of ether oxygens (including phenoxy) is 2. The molecule has 1 N–H and O–H groups in total. The lowest BCUT2D eigenvalue weighted by molar-refractivity contribution is -0.0248. The molecule has 1 fully saturated rings. The molecule has 1 aliphatic rings. The van der Waals surface area contributed by atoms with Gasteiger partial charge in [-0.2, -0.15) is 0 Å². The zero-order valence-electron chi connectivity index (χ0n) is 16.0. The van der Waals surface area contributed by atoms with Crippen LogP contribution in [-0.2, 0) is 9.47 Å². The number of nitrogens with zero attached hydrogens (tertiary/aromatic N) is 1. The number of amides is 1. The van der Waals surface area contributed by atoms with E-state index in [0.29, 0.717) is 30.5 Å². The third-order valence-corrected chi connectivity index (χ3v) is 4.10. The quantitative estimate of drug-likeness (QED) is 0.813. The summed E-state index contributed by atoms with van der Waals surface area (Å²) in [7, 11) is 1.80. The second-order valence-electron chi connectivity index (χ2n) is 8.25. The molecule has 136 valence electrons. The summed E-state index contributed by atoms with van der Waals surface area (Å²) in [6, 6.07) is 0.519. The lowest BCUT2D eigenvalue weighted by atomic mass is 9.95. The predicted molar refractivity (Wildman–Crippen MR) is 93.6 cm³/mol. The SMILES string of the molecule is CC(CNC1CCOC(C(C)C)C1)CN(C)C(=O)OC(C)(C)C. The van der Waals surface area contributed by atoms with E-state index in [0.717, 1.165) is 26.0 Å². The van der Waals surface area contributed by atoms with Crippen LogP contribution in [-0.4, -0.2) is 55.5 Å². The Kier molecular flexibility index (Phi) is 7.81. The van der Waals surface area contributed by atoms with Crippen molar-refractivity contribution in [1.82, 2.24) is 10.2 Å². The van der Waals surface area contributed by atoms with Crippen molar-refractivity contribution in [3.63, 3.8) is 0 Å². The van der Waals surface area contributed by atoms with Gasteiger partial charge in [-0.1, -0.05) is 20.8 Å². The van der Waals surface area contributed by atoms with Gasteiger partial charge < -0.3 is 19.7 Å². The summed E-state index contributed by atoms with van der Waals surface area (Å²) >= 11 is 0.